The molecule has 134 valence electrons. The number of aromatic nitrogens is 1. The fourth-order valence-electron chi connectivity index (χ4n) is 2.77. The lowest BCUT2D eigenvalue weighted by molar-refractivity contribution is -0.135. The largest absolute Gasteiger partial charge is 0.481 e. The molecule has 0 unspecified atom stereocenters. The number of benzene rings is 2. The van der Waals surface area contributed by atoms with Gasteiger partial charge in [0.1, 0.15) is 17.0 Å². The topological polar surface area (TPSA) is 76.5 Å². The van der Waals surface area contributed by atoms with Gasteiger partial charge < -0.3 is 13.9 Å². The molecular formula is C21H14BrNO4. The maximum atomic E-state index is 11.3. The zero-order valence-electron chi connectivity index (χ0n) is 14.1. The average Bonchev–Trinajstić information content (AvgIpc) is 3.28. The number of aliphatic carboxylic acids is 1. The second-order valence-electron chi connectivity index (χ2n) is 5.91. The maximum absolute atomic E-state index is 11.3. The molecule has 0 radical (unpaired) electrons. The third-order valence-electron chi connectivity index (χ3n) is 3.99. The van der Waals surface area contributed by atoms with Gasteiger partial charge in [-0.25, -0.2) is 4.98 Å². The molecule has 4 rings (SSSR count). The fraction of sp³-hybridized carbons (Fsp3) is 0.0476. The molecule has 2 heterocycles. The molecule has 0 aliphatic carbocycles. The highest BCUT2D eigenvalue weighted by Gasteiger charge is 2.15. The number of nitrogens with zero attached hydrogens (tertiary/aromatic N) is 1. The van der Waals surface area contributed by atoms with Crippen LogP contribution in [0.25, 0.3) is 34.1 Å². The summed E-state index contributed by atoms with van der Waals surface area (Å²) in [6.45, 7) is 0. The Morgan fingerprint density at radius 1 is 1.04 bits per heavy atom. The monoisotopic (exact) mass is 423 g/mol. The van der Waals surface area contributed by atoms with E-state index in [2.05, 4.69) is 20.9 Å². The lowest BCUT2D eigenvalue weighted by Crippen LogP contribution is -1.97. The quantitative estimate of drug-likeness (QED) is 0.434. The Bertz CT molecular complexity index is 1120. The summed E-state index contributed by atoms with van der Waals surface area (Å²) in [5.74, 6) is 0.513. The molecule has 27 heavy (non-hydrogen) atoms. The molecule has 0 aliphatic heterocycles. The SMILES string of the molecule is O=C(O)C/C(=C/c1ccc(-c2ccccc2Br)o1)c1nc2ccccc2o1. The van der Waals surface area contributed by atoms with Crippen LogP contribution >= 0.6 is 15.9 Å². The number of carboxylic acids is 1. The van der Waals surface area contributed by atoms with Gasteiger partial charge in [0.2, 0.25) is 5.89 Å². The van der Waals surface area contributed by atoms with Crippen molar-refractivity contribution >= 4 is 44.6 Å². The van der Waals surface area contributed by atoms with Gasteiger partial charge in [0.15, 0.2) is 5.58 Å². The Balaban J connectivity index is 1.73. The molecule has 0 aliphatic rings. The van der Waals surface area contributed by atoms with E-state index < -0.39 is 5.97 Å². The molecule has 0 spiro atoms. The first-order valence-corrected chi connectivity index (χ1v) is 9.02. The van der Waals surface area contributed by atoms with Gasteiger partial charge in [-0.2, -0.15) is 0 Å². The van der Waals surface area contributed by atoms with Gasteiger partial charge in [-0.3, -0.25) is 4.79 Å². The van der Waals surface area contributed by atoms with Gasteiger partial charge >= 0.3 is 5.97 Å². The van der Waals surface area contributed by atoms with Crippen LogP contribution in [0.3, 0.4) is 0 Å². The lowest BCUT2D eigenvalue weighted by Gasteiger charge is -2.01. The van der Waals surface area contributed by atoms with E-state index in [1.165, 1.54) is 0 Å². The molecule has 0 atom stereocenters. The first-order valence-electron chi connectivity index (χ1n) is 8.23. The molecule has 0 fully saturated rings. The van der Waals surface area contributed by atoms with Gasteiger partial charge in [-0.15, -0.1) is 0 Å². The minimum Gasteiger partial charge on any atom is -0.481 e. The highest BCUT2D eigenvalue weighted by Crippen LogP contribution is 2.31. The summed E-state index contributed by atoms with van der Waals surface area (Å²) in [6, 6.07) is 18.7. The average molecular weight is 424 g/mol. The second kappa shape index (κ2) is 7.25. The van der Waals surface area contributed by atoms with Crippen LogP contribution in [0.5, 0.6) is 0 Å². The molecule has 0 amide bonds. The van der Waals surface area contributed by atoms with Crippen molar-refractivity contribution in [2.24, 2.45) is 0 Å². The van der Waals surface area contributed by atoms with Crippen molar-refractivity contribution in [3.63, 3.8) is 0 Å². The zero-order chi connectivity index (χ0) is 18.8. The van der Waals surface area contributed by atoms with E-state index in [4.69, 9.17) is 8.83 Å². The summed E-state index contributed by atoms with van der Waals surface area (Å²) >= 11 is 3.50. The van der Waals surface area contributed by atoms with Gasteiger partial charge in [0.25, 0.3) is 0 Å². The van der Waals surface area contributed by atoms with Crippen molar-refractivity contribution in [1.82, 2.24) is 4.98 Å². The number of furan rings is 1. The van der Waals surface area contributed by atoms with E-state index in [0.29, 0.717) is 28.2 Å². The lowest BCUT2D eigenvalue weighted by atomic mass is 10.1. The third kappa shape index (κ3) is 3.71. The predicted octanol–water partition coefficient (Wildman–Crippen LogP) is 5.87. The summed E-state index contributed by atoms with van der Waals surface area (Å²) in [5.41, 5.74) is 2.64. The van der Waals surface area contributed by atoms with Crippen LogP contribution in [-0.2, 0) is 4.79 Å². The van der Waals surface area contributed by atoms with Gasteiger partial charge in [0.05, 0.1) is 6.42 Å². The van der Waals surface area contributed by atoms with Crippen molar-refractivity contribution in [2.75, 3.05) is 0 Å². The third-order valence-corrected chi connectivity index (χ3v) is 4.68. The van der Waals surface area contributed by atoms with Crippen molar-refractivity contribution in [3.8, 4) is 11.3 Å². The maximum Gasteiger partial charge on any atom is 0.308 e. The fourth-order valence-corrected chi connectivity index (χ4v) is 3.25. The minimum atomic E-state index is -0.971. The van der Waals surface area contributed by atoms with Crippen LogP contribution in [-0.4, -0.2) is 16.1 Å². The van der Waals surface area contributed by atoms with Crippen LogP contribution in [0.4, 0.5) is 0 Å². The molecular weight excluding hydrogens is 410 g/mol. The first-order chi connectivity index (χ1) is 13.1. The standard InChI is InChI=1S/C21H14BrNO4/c22-16-6-2-1-5-15(16)18-10-9-14(26-18)11-13(12-20(24)25)21-23-17-7-3-4-8-19(17)27-21/h1-11H,12H2,(H,24,25)/b13-11-. The van der Waals surface area contributed by atoms with Crippen LogP contribution < -0.4 is 0 Å². The van der Waals surface area contributed by atoms with Crippen LogP contribution in [0.2, 0.25) is 0 Å². The molecule has 5 nitrogen and oxygen atoms in total. The number of fused-ring (bicyclic) bond motifs is 1. The zero-order valence-corrected chi connectivity index (χ0v) is 15.6. The van der Waals surface area contributed by atoms with Crippen molar-refractivity contribution in [2.45, 2.75) is 6.42 Å². The Labute approximate surface area is 163 Å². The minimum absolute atomic E-state index is 0.224. The van der Waals surface area contributed by atoms with E-state index in [-0.39, 0.29) is 12.3 Å². The highest BCUT2D eigenvalue weighted by molar-refractivity contribution is 9.10. The van der Waals surface area contributed by atoms with Gasteiger partial charge in [0, 0.05) is 15.6 Å². The molecule has 0 bridgehead atoms. The van der Waals surface area contributed by atoms with E-state index in [1.54, 1.807) is 18.2 Å². The van der Waals surface area contributed by atoms with Gasteiger partial charge in [-0.05, 0) is 36.4 Å². The molecule has 1 N–H and O–H groups in total. The number of carbonyl (C=O) groups is 1. The molecule has 4 aromatic rings. The van der Waals surface area contributed by atoms with Crippen LogP contribution in [0.1, 0.15) is 18.1 Å². The Morgan fingerprint density at radius 2 is 1.81 bits per heavy atom. The summed E-state index contributed by atoms with van der Waals surface area (Å²) in [6.07, 6.45) is 1.43. The van der Waals surface area contributed by atoms with Crippen LogP contribution in [0.15, 0.2) is 74.0 Å². The number of hydrogen-bond donors (Lipinski definition) is 1. The Morgan fingerprint density at radius 3 is 2.59 bits per heavy atom. The van der Waals surface area contributed by atoms with E-state index in [0.717, 1.165) is 10.0 Å². The number of hydrogen-bond acceptors (Lipinski definition) is 4. The number of para-hydroxylation sites is 2. The first kappa shape index (κ1) is 17.3. The molecule has 0 saturated carbocycles. The van der Waals surface area contributed by atoms with E-state index >= 15 is 0 Å². The highest BCUT2D eigenvalue weighted by atomic mass is 79.9. The van der Waals surface area contributed by atoms with E-state index in [1.807, 2.05) is 48.5 Å². The van der Waals surface area contributed by atoms with Crippen molar-refractivity contribution in [3.05, 3.63) is 76.8 Å². The molecule has 6 heteroatoms. The smallest absolute Gasteiger partial charge is 0.308 e. The molecule has 0 saturated heterocycles. The van der Waals surface area contributed by atoms with Gasteiger partial charge in [-0.1, -0.05) is 46.3 Å². The molecule has 2 aromatic carbocycles. The number of carboxylic acid groups (broad SMARTS) is 1. The second-order valence-corrected chi connectivity index (χ2v) is 6.76. The predicted molar refractivity (Wildman–Crippen MR) is 106 cm³/mol. The summed E-state index contributed by atoms with van der Waals surface area (Å²) in [7, 11) is 0. The normalized spacial score (nSPS) is 11.8. The Kier molecular flexibility index (Phi) is 4.64. The summed E-state index contributed by atoms with van der Waals surface area (Å²) in [5, 5.41) is 9.27. The Hall–Kier alpha value is -3.12. The van der Waals surface area contributed by atoms with Crippen molar-refractivity contribution < 1.29 is 18.7 Å². The number of halogens is 1. The van der Waals surface area contributed by atoms with Crippen molar-refractivity contribution in [1.29, 1.82) is 0 Å². The number of oxazole rings is 1. The van der Waals surface area contributed by atoms with E-state index in [9.17, 15) is 9.90 Å². The molecule has 2 aromatic heterocycles. The summed E-state index contributed by atoms with van der Waals surface area (Å²) < 4.78 is 12.5. The van der Waals surface area contributed by atoms with Crippen LogP contribution in [0, 0.1) is 0 Å². The number of rotatable bonds is 5. The summed E-state index contributed by atoms with van der Waals surface area (Å²) in [4.78, 5) is 15.7.